The topological polar surface area (TPSA) is 43.8 Å². The van der Waals surface area contributed by atoms with Crippen LogP contribution in [-0.4, -0.2) is 9.55 Å². The summed E-state index contributed by atoms with van der Waals surface area (Å²) in [6, 6.07) is 6.12. The molecular formula is C15H15F2N3S. The molecule has 0 radical (unpaired) electrons. The van der Waals surface area contributed by atoms with Crippen LogP contribution in [-0.2, 0) is 12.0 Å². The smallest absolute Gasteiger partial charge is 0.201 e. The first kappa shape index (κ1) is 14.0. The van der Waals surface area contributed by atoms with Crippen molar-refractivity contribution in [3.8, 4) is 0 Å². The molecule has 0 saturated carbocycles. The number of rotatable bonds is 3. The molecule has 0 unspecified atom stereocenters. The third kappa shape index (κ3) is 2.40. The van der Waals surface area contributed by atoms with Gasteiger partial charge in [0.15, 0.2) is 5.82 Å². The van der Waals surface area contributed by atoms with Crippen LogP contribution in [0.4, 0.5) is 14.7 Å². The lowest BCUT2D eigenvalue weighted by Crippen LogP contribution is -2.24. The van der Waals surface area contributed by atoms with E-state index >= 15 is 0 Å². The van der Waals surface area contributed by atoms with E-state index < -0.39 is 11.6 Å². The molecule has 2 heterocycles. The van der Waals surface area contributed by atoms with Crippen LogP contribution in [0.3, 0.4) is 0 Å². The highest BCUT2D eigenvalue weighted by atomic mass is 32.1. The second kappa shape index (κ2) is 4.80. The Labute approximate surface area is 125 Å². The van der Waals surface area contributed by atoms with Gasteiger partial charge < -0.3 is 10.3 Å². The summed E-state index contributed by atoms with van der Waals surface area (Å²) >= 11 is 1.65. The van der Waals surface area contributed by atoms with Gasteiger partial charge in [-0.2, -0.15) is 0 Å². The van der Waals surface area contributed by atoms with E-state index in [9.17, 15) is 8.78 Å². The molecule has 3 nitrogen and oxygen atoms in total. The van der Waals surface area contributed by atoms with Gasteiger partial charge in [-0.1, -0.05) is 19.9 Å². The number of nitrogens with two attached hydrogens (primary N) is 1. The standard InChI is InChI=1S/C15H15F2N3S/c1-15(2,12-4-3-5-21-12)8-20-11-7-9(16)6-10(17)13(11)19-14(20)18/h3-7H,8H2,1-2H3,(H2,18,19). The zero-order valence-corrected chi connectivity index (χ0v) is 12.5. The van der Waals surface area contributed by atoms with Crippen LogP contribution >= 0.6 is 11.3 Å². The van der Waals surface area contributed by atoms with Gasteiger partial charge in [0.2, 0.25) is 5.95 Å². The molecule has 0 aliphatic rings. The number of hydrogen-bond donors (Lipinski definition) is 1. The van der Waals surface area contributed by atoms with Crippen LogP contribution in [0.5, 0.6) is 0 Å². The molecule has 0 spiro atoms. The second-order valence-corrected chi connectivity index (χ2v) is 6.62. The highest BCUT2D eigenvalue weighted by Gasteiger charge is 2.25. The Morgan fingerprint density at radius 3 is 2.76 bits per heavy atom. The van der Waals surface area contributed by atoms with Crippen molar-refractivity contribution in [2.75, 3.05) is 5.73 Å². The summed E-state index contributed by atoms with van der Waals surface area (Å²) < 4.78 is 28.9. The molecule has 0 aliphatic carbocycles. The fraction of sp³-hybridized carbons (Fsp3) is 0.267. The summed E-state index contributed by atoms with van der Waals surface area (Å²) in [5.41, 5.74) is 6.18. The van der Waals surface area contributed by atoms with Gasteiger partial charge in [0.1, 0.15) is 11.3 Å². The minimum atomic E-state index is -0.690. The molecule has 0 bridgehead atoms. The number of anilines is 1. The number of benzene rings is 1. The number of aromatic nitrogens is 2. The summed E-state index contributed by atoms with van der Waals surface area (Å²) in [5, 5.41) is 2.01. The van der Waals surface area contributed by atoms with E-state index in [-0.39, 0.29) is 16.9 Å². The van der Waals surface area contributed by atoms with Crippen LogP contribution in [0.25, 0.3) is 11.0 Å². The van der Waals surface area contributed by atoms with Crippen molar-refractivity contribution in [2.45, 2.75) is 25.8 Å². The Morgan fingerprint density at radius 1 is 1.33 bits per heavy atom. The maximum atomic E-state index is 13.8. The van der Waals surface area contributed by atoms with Crippen molar-refractivity contribution in [1.82, 2.24) is 9.55 Å². The van der Waals surface area contributed by atoms with E-state index in [0.29, 0.717) is 12.1 Å². The van der Waals surface area contributed by atoms with Crippen molar-refractivity contribution in [2.24, 2.45) is 0 Å². The fourth-order valence-corrected chi connectivity index (χ4v) is 3.31. The minimum Gasteiger partial charge on any atom is -0.369 e. The summed E-state index contributed by atoms with van der Waals surface area (Å²) in [6.45, 7) is 4.64. The molecule has 2 aromatic heterocycles. The lowest BCUT2D eigenvalue weighted by atomic mass is 9.91. The number of nitrogen functional groups attached to an aromatic ring is 1. The van der Waals surface area contributed by atoms with E-state index in [1.165, 1.54) is 10.9 Å². The fourth-order valence-electron chi connectivity index (χ4n) is 2.47. The molecule has 21 heavy (non-hydrogen) atoms. The predicted octanol–water partition coefficient (Wildman–Crippen LogP) is 3.94. The second-order valence-electron chi connectivity index (χ2n) is 5.67. The van der Waals surface area contributed by atoms with Crippen LogP contribution < -0.4 is 5.73 Å². The van der Waals surface area contributed by atoms with Crippen LogP contribution in [0.15, 0.2) is 29.6 Å². The Balaban J connectivity index is 2.11. The molecule has 0 atom stereocenters. The quantitative estimate of drug-likeness (QED) is 0.796. The van der Waals surface area contributed by atoms with Crippen molar-refractivity contribution in [3.63, 3.8) is 0 Å². The van der Waals surface area contributed by atoms with Gasteiger partial charge in [-0.15, -0.1) is 11.3 Å². The van der Waals surface area contributed by atoms with Crippen LogP contribution in [0.2, 0.25) is 0 Å². The molecule has 3 rings (SSSR count). The summed E-state index contributed by atoms with van der Waals surface area (Å²) in [5.74, 6) is -1.13. The number of imidazole rings is 1. The number of hydrogen-bond acceptors (Lipinski definition) is 3. The van der Waals surface area contributed by atoms with Crippen molar-refractivity contribution >= 4 is 28.3 Å². The highest BCUT2D eigenvalue weighted by Crippen LogP contribution is 2.32. The van der Waals surface area contributed by atoms with E-state index in [1.54, 1.807) is 15.9 Å². The molecular weight excluding hydrogens is 292 g/mol. The third-order valence-corrected chi connectivity index (χ3v) is 4.78. The molecule has 3 aromatic rings. The van der Waals surface area contributed by atoms with Gasteiger partial charge in [0, 0.05) is 29.0 Å². The van der Waals surface area contributed by atoms with Gasteiger partial charge in [0.05, 0.1) is 5.52 Å². The Kier molecular flexibility index (Phi) is 3.20. The van der Waals surface area contributed by atoms with Gasteiger partial charge in [-0.3, -0.25) is 0 Å². The number of thiophene rings is 1. The maximum absolute atomic E-state index is 13.8. The number of nitrogens with zero attached hydrogens (tertiary/aromatic N) is 2. The SMILES string of the molecule is CC(C)(Cn1c(N)nc2c(F)cc(F)cc21)c1cccs1. The average molecular weight is 307 g/mol. The number of fused-ring (bicyclic) bond motifs is 1. The monoisotopic (exact) mass is 307 g/mol. The summed E-state index contributed by atoms with van der Waals surface area (Å²) in [4.78, 5) is 5.20. The van der Waals surface area contributed by atoms with Crippen molar-refractivity contribution < 1.29 is 8.78 Å². The Bertz CT molecular complexity index is 791. The molecule has 0 fully saturated rings. The molecule has 6 heteroatoms. The average Bonchev–Trinajstić information content (AvgIpc) is 3.01. The maximum Gasteiger partial charge on any atom is 0.201 e. The largest absolute Gasteiger partial charge is 0.369 e. The van der Waals surface area contributed by atoms with E-state index in [1.807, 2.05) is 17.5 Å². The van der Waals surface area contributed by atoms with E-state index in [2.05, 4.69) is 18.8 Å². The van der Waals surface area contributed by atoms with Crippen molar-refractivity contribution in [1.29, 1.82) is 0 Å². The number of halogens is 2. The minimum absolute atomic E-state index is 0.107. The van der Waals surface area contributed by atoms with Crippen LogP contribution in [0.1, 0.15) is 18.7 Å². The van der Waals surface area contributed by atoms with Crippen molar-refractivity contribution in [3.05, 3.63) is 46.2 Å². The van der Waals surface area contributed by atoms with Crippen LogP contribution in [0, 0.1) is 11.6 Å². The Morgan fingerprint density at radius 2 is 2.10 bits per heavy atom. The predicted molar refractivity (Wildman–Crippen MR) is 81.4 cm³/mol. The lowest BCUT2D eigenvalue weighted by molar-refractivity contribution is 0.452. The zero-order valence-electron chi connectivity index (χ0n) is 11.7. The first-order chi connectivity index (χ1) is 9.88. The first-order valence-corrected chi connectivity index (χ1v) is 7.41. The molecule has 0 aliphatic heterocycles. The Hall–Kier alpha value is -1.95. The van der Waals surface area contributed by atoms with Gasteiger partial charge in [-0.05, 0) is 11.4 Å². The lowest BCUT2D eigenvalue weighted by Gasteiger charge is -2.24. The molecule has 0 amide bonds. The molecule has 0 saturated heterocycles. The van der Waals surface area contributed by atoms with E-state index in [0.717, 1.165) is 6.07 Å². The highest BCUT2D eigenvalue weighted by molar-refractivity contribution is 7.10. The summed E-state index contributed by atoms with van der Waals surface area (Å²) in [7, 11) is 0. The van der Waals surface area contributed by atoms with E-state index in [4.69, 9.17) is 5.73 Å². The van der Waals surface area contributed by atoms with Gasteiger partial charge in [0.25, 0.3) is 0 Å². The normalized spacial score (nSPS) is 12.2. The molecule has 110 valence electrons. The molecule has 2 N–H and O–H groups in total. The summed E-state index contributed by atoms with van der Waals surface area (Å²) in [6.07, 6.45) is 0. The first-order valence-electron chi connectivity index (χ1n) is 6.53. The van der Waals surface area contributed by atoms with Gasteiger partial charge >= 0.3 is 0 Å². The molecule has 1 aromatic carbocycles. The van der Waals surface area contributed by atoms with Gasteiger partial charge in [-0.25, -0.2) is 13.8 Å². The zero-order chi connectivity index (χ0) is 15.2. The third-order valence-electron chi connectivity index (χ3n) is 3.54.